The Bertz CT molecular complexity index is 197. The Morgan fingerprint density at radius 1 is 1.62 bits per heavy atom. The van der Waals surface area contributed by atoms with Crippen LogP contribution in [-0.2, 0) is 9.63 Å². The summed E-state index contributed by atoms with van der Waals surface area (Å²) in [5.74, 6) is 0.0633. The summed E-state index contributed by atoms with van der Waals surface area (Å²) < 4.78 is 0. The topological polar surface area (TPSA) is 58.9 Å². The van der Waals surface area contributed by atoms with Gasteiger partial charge in [-0.05, 0) is 13.8 Å². The van der Waals surface area contributed by atoms with Crippen LogP contribution in [0.5, 0.6) is 0 Å². The highest BCUT2D eigenvalue weighted by molar-refractivity contribution is 5.99. The molecule has 0 aromatic carbocycles. The molecule has 0 unspecified atom stereocenters. The van der Waals surface area contributed by atoms with Gasteiger partial charge in [-0.25, -0.2) is 0 Å². The van der Waals surface area contributed by atoms with E-state index in [0.717, 1.165) is 0 Å². The minimum Gasteiger partial charge on any atom is -0.368 e. The number of oxime groups is 1. The van der Waals surface area contributed by atoms with E-state index in [-0.39, 0.29) is 11.7 Å². The molecule has 0 aromatic rings. The Kier molecular flexibility index (Phi) is 4.62. The Hall–Kier alpha value is -0.900. The van der Waals surface area contributed by atoms with E-state index in [1.807, 2.05) is 13.8 Å². The Morgan fingerprint density at radius 3 is 2.54 bits per heavy atom. The van der Waals surface area contributed by atoms with Gasteiger partial charge in [-0.3, -0.25) is 4.79 Å². The smallest absolute Gasteiger partial charge is 0.214 e. The number of carbonyl (C=O) groups excluding carboxylic acids is 1. The lowest BCUT2D eigenvalue weighted by Crippen LogP contribution is -2.29. The summed E-state index contributed by atoms with van der Waals surface area (Å²) in [7, 11) is 0. The largest absolute Gasteiger partial charge is 0.368 e. The Balaban J connectivity index is 4.30. The van der Waals surface area contributed by atoms with Crippen LogP contribution >= 0.6 is 0 Å². The molecule has 0 spiro atoms. The third kappa shape index (κ3) is 4.03. The lowest BCUT2D eigenvalue weighted by atomic mass is 9.84. The van der Waals surface area contributed by atoms with Crippen molar-refractivity contribution in [3.05, 3.63) is 0 Å². The second-order valence-corrected chi connectivity index (χ2v) is 3.73. The van der Waals surface area contributed by atoms with Crippen LogP contribution in [0, 0.1) is 11.3 Å². The van der Waals surface area contributed by atoms with Gasteiger partial charge < -0.3 is 9.94 Å². The van der Waals surface area contributed by atoms with Crippen LogP contribution in [0.15, 0.2) is 5.16 Å². The minimum atomic E-state index is -0.636. The standard InChI is InChI=1S/C9H17NO3/c1-7(2)8(12)9(3,4)5-10-13-6-11/h5,7,11H,6H2,1-4H3. The summed E-state index contributed by atoms with van der Waals surface area (Å²) in [4.78, 5) is 15.9. The van der Waals surface area contributed by atoms with Gasteiger partial charge in [0.05, 0.1) is 11.6 Å². The number of aliphatic hydroxyl groups excluding tert-OH is 1. The Morgan fingerprint density at radius 2 is 2.15 bits per heavy atom. The Labute approximate surface area is 78.6 Å². The summed E-state index contributed by atoms with van der Waals surface area (Å²) in [6, 6.07) is 0. The molecule has 0 atom stereocenters. The first-order valence-corrected chi connectivity index (χ1v) is 4.23. The molecule has 4 heteroatoms. The van der Waals surface area contributed by atoms with Crippen molar-refractivity contribution in [3.8, 4) is 0 Å². The predicted octanol–water partition coefficient (Wildman–Crippen LogP) is 1.19. The van der Waals surface area contributed by atoms with Crippen molar-refractivity contribution in [3.63, 3.8) is 0 Å². The van der Waals surface area contributed by atoms with Gasteiger partial charge >= 0.3 is 0 Å². The van der Waals surface area contributed by atoms with Crippen molar-refractivity contribution < 1.29 is 14.7 Å². The molecule has 1 N–H and O–H groups in total. The van der Waals surface area contributed by atoms with E-state index in [2.05, 4.69) is 9.99 Å². The van der Waals surface area contributed by atoms with Crippen molar-refractivity contribution in [1.82, 2.24) is 0 Å². The maximum Gasteiger partial charge on any atom is 0.214 e. The van der Waals surface area contributed by atoms with E-state index >= 15 is 0 Å². The van der Waals surface area contributed by atoms with Gasteiger partial charge in [-0.15, -0.1) is 0 Å². The molecule has 0 aromatic heterocycles. The lowest BCUT2D eigenvalue weighted by Gasteiger charge is -2.19. The van der Waals surface area contributed by atoms with Crippen molar-refractivity contribution in [2.45, 2.75) is 27.7 Å². The van der Waals surface area contributed by atoms with Crippen LogP contribution in [0.25, 0.3) is 0 Å². The van der Waals surface area contributed by atoms with Crippen LogP contribution in [0.1, 0.15) is 27.7 Å². The fourth-order valence-corrected chi connectivity index (χ4v) is 1.01. The van der Waals surface area contributed by atoms with Crippen LogP contribution in [0.2, 0.25) is 0 Å². The van der Waals surface area contributed by atoms with Gasteiger partial charge in [0.1, 0.15) is 5.78 Å². The number of rotatable bonds is 5. The van der Waals surface area contributed by atoms with Gasteiger partial charge in [0, 0.05) is 5.92 Å². The van der Waals surface area contributed by atoms with E-state index in [1.165, 1.54) is 6.21 Å². The number of Topliss-reactive ketones (excluding diaryl/α,β-unsaturated/α-hetero) is 1. The lowest BCUT2D eigenvalue weighted by molar-refractivity contribution is -0.127. The summed E-state index contributed by atoms with van der Waals surface area (Å²) in [6.45, 7) is 6.73. The highest BCUT2D eigenvalue weighted by Gasteiger charge is 2.27. The maximum atomic E-state index is 11.5. The summed E-state index contributed by atoms with van der Waals surface area (Å²) in [5, 5.41) is 11.8. The summed E-state index contributed by atoms with van der Waals surface area (Å²) in [6.07, 6.45) is 1.41. The second-order valence-electron chi connectivity index (χ2n) is 3.73. The third-order valence-electron chi connectivity index (χ3n) is 1.67. The zero-order valence-electron chi connectivity index (χ0n) is 8.57. The van der Waals surface area contributed by atoms with E-state index in [1.54, 1.807) is 13.8 Å². The first-order valence-electron chi connectivity index (χ1n) is 4.23. The van der Waals surface area contributed by atoms with E-state index in [4.69, 9.17) is 5.11 Å². The first kappa shape index (κ1) is 12.1. The number of ketones is 1. The van der Waals surface area contributed by atoms with Crippen LogP contribution in [0.3, 0.4) is 0 Å². The molecule has 0 aliphatic carbocycles. The van der Waals surface area contributed by atoms with E-state index in [9.17, 15) is 4.79 Å². The average Bonchev–Trinajstić information content (AvgIpc) is 2.03. The van der Waals surface area contributed by atoms with Gasteiger partial charge in [0.25, 0.3) is 0 Å². The van der Waals surface area contributed by atoms with Crippen LogP contribution < -0.4 is 0 Å². The van der Waals surface area contributed by atoms with Crippen LogP contribution in [-0.4, -0.2) is 23.9 Å². The molecule has 0 fully saturated rings. The molecule has 0 amide bonds. The quantitative estimate of drug-likeness (QED) is 0.399. The number of nitrogens with zero attached hydrogens (tertiary/aromatic N) is 1. The molecule has 13 heavy (non-hydrogen) atoms. The number of hydrogen-bond acceptors (Lipinski definition) is 4. The molecule has 0 heterocycles. The maximum absolute atomic E-state index is 11.5. The monoisotopic (exact) mass is 187 g/mol. The van der Waals surface area contributed by atoms with Gasteiger partial charge in [0.15, 0.2) is 0 Å². The molecule has 0 rings (SSSR count). The highest BCUT2D eigenvalue weighted by Crippen LogP contribution is 2.18. The second kappa shape index (κ2) is 4.97. The van der Waals surface area contributed by atoms with Gasteiger partial charge in [-0.2, -0.15) is 0 Å². The fraction of sp³-hybridized carbons (Fsp3) is 0.778. The summed E-state index contributed by atoms with van der Waals surface area (Å²) >= 11 is 0. The SMILES string of the molecule is CC(C)C(=O)C(C)(C)C=NOCO. The van der Waals surface area contributed by atoms with E-state index in [0.29, 0.717) is 0 Å². The van der Waals surface area contributed by atoms with Crippen molar-refractivity contribution >= 4 is 12.0 Å². The highest BCUT2D eigenvalue weighted by atomic mass is 16.7. The first-order chi connectivity index (χ1) is 5.91. The normalized spacial score (nSPS) is 12.5. The third-order valence-corrected chi connectivity index (χ3v) is 1.67. The number of carbonyl (C=O) groups is 1. The molecular formula is C9H17NO3. The average molecular weight is 187 g/mol. The summed E-state index contributed by atoms with van der Waals surface area (Å²) in [5.41, 5.74) is -0.636. The zero-order chi connectivity index (χ0) is 10.5. The minimum absolute atomic E-state index is 0.0319. The molecule has 4 nitrogen and oxygen atoms in total. The molecule has 0 aliphatic heterocycles. The van der Waals surface area contributed by atoms with Crippen molar-refractivity contribution in [2.24, 2.45) is 16.5 Å². The molecule has 0 saturated carbocycles. The van der Waals surface area contributed by atoms with E-state index < -0.39 is 12.2 Å². The molecule has 0 radical (unpaired) electrons. The van der Waals surface area contributed by atoms with Gasteiger partial charge in [-0.1, -0.05) is 19.0 Å². The molecule has 76 valence electrons. The fourth-order valence-electron chi connectivity index (χ4n) is 1.01. The van der Waals surface area contributed by atoms with Crippen LogP contribution in [0.4, 0.5) is 0 Å². The number of aliphatic hydroxyl groups is 1. The molecular weight excluding hydrogens is 170 g/mol. The molecule has 0 saturated heterocycles. The number of hydrogen-bond donors (Lipinski definition) is 1. The zero-order valence-corrected chi connectivity index (χ0v) is 8.57. The van der Waals surface area contributed by atoms with Gasteiger partial charge in [0.2, 0.25) is 6.79 Å². The van der Waals surface area contributed by atoms with Crippen molar-refractivity contribution in [2.75, 3.05) is 6.79 Å². The molecule has 0 bridgehead atoms. The molecule has 0 aliphatic rings. The predicted molar refractivity (Wildman–Crippen MR) is 50.3 cm³/mol. The van der Waals surface area contributed by atoms with Crippen molar-refractivity contribution in [1.29, 1.82) is 0 Å².